The Morgan fingerprint density at radius 1 is 1.15 bits per heavy atom. The fourth-order valence-electron chi connectivity index (χ4n) is 2.78. The largest absolute Gasteiger partial charge is 0.465 e. The zero-order valence-electron chi connectivity index (χ0n) is 16.0. The van der Waals surface area contributed by atoms with E-state index >= 15 is 0 Å². The van der Waals surface area contributed by atoms with Gasteiger partial charge in [0, 0.05) is 32.2 Å². The number of benzene rings is 1. The van der Waals surface area contributed by atoms with Crippen LogP contribution in [-0.2, 0) is 19.6 Å². The molecule has 1 N–H and O–H groups in total. The van der Waals surface area contributed by atoms with Gasteiger partial charge >= 0.3 is 5.97 Å². The van der Waals surface area contributed by atoms with Gasteiger partial charge in [0.2, 0.25) is 15.9 Å². The van der Waals surface area contributed by atoms with Crippen molar-refractivity contribution in [3.05, 3.63) is 29.8 Å². The van der Waals surface area contributed by atoms with E-state index in [-0.39, 0.29) is 23.4 Å². The lowest BCUT2D eigenvalue weighted by Gasteiger charge is -2.33. The molecular weight excluding hydrogens is 370 g/mol. The third-order valence-electron chi connectivity index (χ3n) is 4.63. The Labute approximate surface area is 160 Å². The zero-order valence-corrected chi connectivity index (χ0v) is 16.8. The number of amides is 1. The summed E-state index contributed by atoms with van der Waals surface area (Å²) in [5, 5.41) is 2.91. The summed E-state index contributed by atoms with van der Waals surface area (Å²) in [6, 6.07) is 5.83. The highest BCUT2D eigenvalue weighted by Gasteiger charge is 2.29. The van der Waals surface area contributed by atoms with Gasteiger partial charge in [-0.15, -0.1) is 0 Å². The minimum absolute atomic E-state index is 0.0425. The number of carbonyl (C=O) groups is 2. The van der Waals surface area contributed by atoms with Crippen LogP contribution in [0.25, 0.3) is 0 Å². The highest BCUT2D eigenvalue weighted by molar-refractivity contribution is 7.89. The fraction of sp³-hybridized carbons (Fsp3) is 0.556. The van der Waals surface area contributed by atoms with Crippen LogP contribution < -0.4 is 5.32 Å². The summed E-state index contributed by atoms with van der Waals surface area (Å²) in [6.07, 6.45) is 0.868. The monoisotopic (exact) mass is 397 g/mol. The van der Waals surface area contributed by atoms with Crippen molar-refractivity contribution in [1.29, 1.82) is 0 Å². The predicted molar refractivity (Wildman–Crippen MR) is 101 cm³/mol. The van der Waals surface area contributed by atoms with Gasteiger partial charge in [-0.2, -0.15) is 4.31 Å². The molecule has 1 aromatic rings. The summed E-state index contributed by atoms with van der Waals surface area (Å²) in [6.45, 7) is 5.85. The molecule has 2 rings (SSSR count). The molecule has 1 amide bonds. The van der Waals surface area contributed by atoms with E-state index in [0.29, 0.717) is 31.7 Å². The van der Waals surface area contributed by atoms with Crippen molar-refractivity contribution in [2.45, 2.75) is 31.2 Å². The maximum Gasteiger partial charge on any atom is 0.337 e. The second-order valence-corrected chi connectivity index (χ2v) is 8.51. The quantitative estimate of drug-likeness (QED) is 0.680. The van der Waals surface area contributed by atoms with Gasteiger partial charge in [0.15, 0.2) is 0 Å². The van der Waals surface area contributed by atoms with Gasteiger partial charge in [-0.25, -0.2) is 13.2 Å². The van der Waals surface area contributed by atoms with Gasteiger partial charge in [0.1, 0.15) is 0 Å². The molecular formula is C18H27N3O5S. The van der Waals surface area contributed by atoms with Crippen molar-refractivity contribution < 1.29 is 22.7 Å². The lowest BCUT2D eigenvalue weighted by Crippen LogP contribution is -2.51. The van der Waals surface area contributed by atoms with Crippen molar-refractivity contribution in [3.8, 4) is 0 Å². The number of hydrogen-bond acceptors (Lipinski definition) is 6. The second-order valence-electron chi connectivity index (χ2n) is 6.57. The van der Waals surface area contributed by atoms with Crippen molar-refractivity contribution >= 4 is 21.9 Å². The Bertz CT molecular complexity index is 756. The van der Waals surface area contributed by atoms with Crippen molar-refractivity contribution in [2.24, 2.45) is 0 Å². The first-order valence-electron chi connectivity index (χ1n) is 8.98. The maximum atomic E-state index is 12.8. The van der Waals surface area contributed by atoms with Crippen LogP contribution in [0.2, 0.25) is 0 Å². The first kappa shape index (κ1) is 21.3. The number of piperazine rings is 1. The molecule has 1 aliphatic rings. The topological polar surface area (TPSA) is 96.0 Å². The Morgan fingerprint density at radius 2 is 1.74 bits per heavy atom. The maximum absolute atomic E-state index is 12.8. The summed E-state index contributed by atoms with van der Waals surface area (Å²) >= 11 is 0. The molecule has 1 fully saturated rings. The zero-order chi connectivity index (χ0) is 20.0. The standard InChI is InChI=1S/C18H27N3O5S/c1-4-14(2)19-17(22)13-20-9-11-21(12-10-20)27(24,25)16-7-5-15(6-8-16)18(23)26-3/h5-8,14H,4,9-13H2,1-3H3,(H,19,22). The van der Waals surface area contributed by atoms with Crippen LogP contribution in [0.4, 0.5) is 0 Å². The van der Waals surface area contributed by atoms with E-state index in [4.69, 9.17) is 0 Å². The fourth-order valence-corrected chi connectivity index (χ4v) is 4.21. The Hall–Kier alpha value is -1.97. The Morgan fingerprint density at radius 3 is 2.26 bits per heavy atom. The lowest BCUT2D eigenvalue weighted by molar-refractivity contribution is -0.123. The highest BCUT2D eigenvalue weighted by atomic mass is 32.2. The van der Waals surface area contributed by atoms with Crippen molar-refractivity contribution in [1.82, 2.24) is 14.5 Å². The number of methoxy groups -OCH3 is 1. The molecule has 1 aromatic carbocycles. The summed E-state index contributed by atoms with van der Waals surface area (Å²) in [5.41, 5.74) is 0.300. The van der Waals surface area contributed by atoms with E-state index in [1.54, 1.807) is 0 Å². The molecule has 0 saturated carbocycles. The molecule has 27 heavy (non-hydrogen) atoms. The molecule has 0 radical (unpaired) electrons. The lowest BCUT2D eigenvalue weighted by atomic mass is 10.2. The van der Waals surface area contributed by atoms with E-state index in [9.17, 15) is 18.0 Å². The SMILES string of the molecule is CCC(C)NC(=O)CN1CCN(S(=O)(=O)c2ccc(C(=O)OC)cc2)CC1. The van der Waals surface area contributed by atoms with Gasteiger partial charge in [0.25, 0.3) is 0 Å². The third kappa shape index (κ3) is 5.50. The van der Waals surface area contributed by atoms with Crippen LogP contribution >= 0.6 is 0 Å². The molecule has 1 saturated heterocycles. The molecule has 8 nitrogen and oxygen atoms in total. The number of sulfonamides is 1. The predicted octanol–water partition coefficient (Wildman–Crippen LogP) is 0.694. The number of carbonyl (C=O) groups excluding carboxylic acids is 2. The number of nitrogens with zero attached hydrogens (tertiary/aromatic N) is 2. The smallest absolute Gasteiger partial charge is 0.337 e. The van der Waals surface area contributed by atoms with Gasteiger partial charge in [0.05, 0.1) is 24.1 Å². The minimum atomic E-state index is -3.63. The second kappa shape index (κ2) is 9.29. The van der Waals surface area contributed by atoms with E-state index in [2.05, 4.69) is 10.1 Å². The molecule has 150 valence electrons. The number of ether oxygens (including phenoxy) is 1. The third-order valence-corrected chi connectivity index (χ3v) is 6.54. The summed E-state index contributed by atoms with van der Waals surface area (Å²) in [7, 11) is -2.36. The molecule has 0 aliphatic carbocycles. The molecule has 1 unspecified atom stereocenters. The number of nitrogens with one attached hydrogen (secondary N) is 1. The number of rotatable bonds is 7. The molecule has 0 bridgehead atoms. The Kier molecular flexibility index (Phi) is 7.34. The number of hydrogen-bond donors (Lipinski definition) is 1. The van der Waals surface area contributed by atoms with E-state index in [0.717, 1.165) is 6.42 Å². The molecule has 0 aromatic heterocycles. The molecule has 1 atom stereocenters. The minimum Gasteiger partial charge on any atom is -0.465 e. The average Bonchev–Trinajstić information content (AvgIpc) is 2.67. The van der Waals surface area contributed by atoms with Crippen LogP contribution in [0.3, 0.4) is 0 Å². The van der Waals surface area contributed by atoms with Crippen LogP contribution in [0.5, 0.6) is 0 Å². The summed E-state index contributed by atoms with van der Waals surface area (Å²) in [5.74, 6) is -0.553. The first-order valence-corrected chi connectivity index (χ1v) is 10.4. The van der Waals surface area contributed by atoms with Crippen LogP contribution in [-0.4, -0.2) is 75.4 Å². The first-order chi connectivity index (χ1) is 12.8. The van der Waals surface area contributed by atoms with Crippen LogP contribution in [0.1, 0.15) is 30.6 Å². The highest BCUT2D eigenvalue weighted by Crippen LogP contribution is 2.18. The molecule has 0 spiro atoms. The average molecular weight is 397 g/mol. The normalized spacial score (nSPS) is 17.3. The number of esters is 1. The summed E-state index contributed by atoms with van der Waals surface area (Å²) < 4.78 is 31.5. The van der Waals surface area contributed by atoms with E-state index < -0.39 is 16.0 Å². The summed E-state index contributed by atoms with van der Waals surface area (Å²) in [4.78, 5) is 25.5. The van der Waals surface area contributed by atoms with Crippen molar-refractivity contribution in [3.63, 3.8) is 0 Å². The van der Waals surface area contributed by atoms with Crippen LogP contribution in [0, 0.1) is 0 Å². The van der Waals surface area contributed by atoms with E-state index in [1.807, 2.05) is 18.7 Å². The molecule has 1 heterocycles. The van der Waals surface area contributed by atoms with E-state index in [1.165, 1.54) is 35.7 Å². The van der Waals surface area contributed by atoms with Gasteiger partial charge < -0.3 is 10.1 Å². The van der Waals surface area contributed by atoms with Gasteiger partial charge in [-0.05, 0) is 37.6 Å². The van der Waals surface area contributed by atoms with Gasteiger partial charge in [-0.3, -0.25) is 9.69 Å². The Balaban J connectivity index is 1.94. The molecule has 1 aliphatic heterocycles. The van der Waals surface area contributed by atoms with Crippen LogP contribution in [0.15, 0.2) is 29.2 Å². The van der Waals surface area contributed by atoms with Crippen molar-refractivity contribution in [2.75, 3.05) is 39.8 Å². The van der Waals surface area contributed by atoms with Gasteiger partial charge in [-0.1, -0.05) is 6.92 Å². The molecule has 9 heteroatoms.